The fraction of sp³-hybridized carbons (Fsp3) is 0.917. The van der Waals surface area contributed by atoms with Crippen molar-refractivity contribution >= 4 is 30.7 Å². The molecule has 2 aliphatic rings. The van der Waals surface area contributed by atoms with Crippen LogP contribution in [0.3, 0.4) is 0 Å². The minimum absolute atomic E-state index is 0. The zero-order valence-corrected chi connectivity index (χ0v) is 13.3. The predicted molar refractivity (Wildman–Crippen MR) is 79.2 cm³/mol. The van der Waals surface area contributed by atoms with Gasteiger partial charge in [0, 0.05) is 38.6 Å². The number of halogens is 5. The maximum absolute atomic E-state index is 12.2. The molecule has 0 aliphatic carbocycles. The fourth-order valence-electron chi connectivity index (χ4n) is 2.68. The lowest BCUT2D eigenvalue weighted by Gasteiger charge is -2.35. The van der Waals surface area contributed by atoms with Crippen LogP contribution in [-0.2, 0) is 4.79 Å². The van der Waals surface area contributed by atoms with E-state index in [2.05, 4.69) is 5.32 Å². The summed E-state index contributed by atoms with van der Waals surface area (Å²) in [6.07, 6.45) is -1.57. The first-order chi connectivity index (χ1) is 8.94. The highest BCUT2D eigenvalue weighted by atomic mass is 35.5. The van der Waals surface area contributed by atoms with Crippen molar-refractivity contribution in [3.63, 3.8) is 0 Å². The van der Waals surface area contributed by atoms with E-state index >= 15 is 0 Å². The van der Waals surface area contributed by atoms with Crippen LogP contribution in [0, 0.1) is 0 Å². The Bertz CT molecular complexity index is 317. The quantitative estimate of drug-likeness (QED) is 0.840. The first-order valence-electron chi connectivity index (χ1n) is 6.74. The number of carbonyl (C=O) groups excluding carboxylic acids is 1. The molecule has 1 unspecified atom stereocenters. The third-order valence-electron chi connectivity index (χ3n) is 3.71. The Balaban J connectivity index is 0.00000200. The Morgan fingerprint density at radius 2 is 1.76 bits per heavy atom. The second-order valence-corrected chi connectivity index (χ2v) is 5.27. The van der Waals surface area contributed by atoms with Gasteiger partial charge in [0.25, 0.3) is 0 Å². The first kappa shape index (κ1) is 20.8. The Labute approximate surface area is 135 Å². The van der Waals surface area contributed by atoms with Crippen molar-refractivity contribution in [2.75, 3.05) is 39.3 Å². The largest absolute Gasteiger partial charge is 0.401 e. The molecule has 1 atom stereocenters. The molecule has 0 aromatic rings. The van der Waals surface area contributed by atoms with Gasteiger partial charge in [-0.2, -0.15) is 13.2 Å². The van der Waals surface area contributed by atoms with Crippen LogP contribution in [-0.4, -0.2) is 67.2 Å². The molecule has 1 N–H and O–H groups in total. The van der Waals surface area contributed by atoms with Gasteiger partial charge in [-0.15, -0.1) is 24.8 Å². The van der Waals surface area contributed by atoms with E-state index in [9.17, 15) is 18.0 Å². The van der Waals surface area contributed by atoms with Gasteiger partial charge in [-0.25, -0.2) is 0 Å². The van der Waals surface area contributed by atoms with E-state index in [1.165, 1.54) is 4.90 Å². The lowest BCUT2D eigenvalue weighted by molar-refractivity contribution is -0.151. The number of alkyl halides is 3. The van der Waals surface area contributed by atoms with Gasteiger partial charge in [0.1, 0.15) is 0 Å². The van der Waals surface area contributed by atoms with E-state index in [-0.39, 0.29) is 36.8 Å². The molecular formula is C12H22Cl2F3N3O. The summed E-state index contributed by atoms with van der Waals surface area (Å²) in [5, 5.41) is 3.26. The summed E-state index contributed by atoms with van der Waals surface area (Å²) in [4.78, 5) is 15.0. The number of piperazine rings is 1. The van der Waals surface area contributed by atoms with Crippen LogP contribution in [0.5, 0.6) is 0 Å². The summed E-state index contributed by atoms with van der Waals surface area (Å²) >= 11 is 0. The van der Waals surface area contributed by atoms with E-state index in [1.54, 1.807) is 4.90 Å². The molecule has 4 nitrogen and oxygen atoms in total. The molecule has 0 saturated carbocycles. The van der Waals surface area contributed by atoms with Crippen molar-refractivity contribution in [1.82, 2.24) is 15.1 Å². The van der Waals surface area contributed by atoms with Gasteiger partial charge in [-0.1, -0.05) is 0 Å². The van der Waals surface area contributed by atoms with E-state index in [1.807, 2.05) is 0 Å². The summed E-state index contributed by atoms with van der Waals surface area (Å²) in [5.74, 6) is 0.0612. The predicted octanol–water partition coefficient (Wildman–Crippen LogP) is 1.68. The summed E-state index contributed by atoms with van der Waals surface area (Å²) in [6, 6.07) is 0.251. The van der Waals surface area contributed by atoms with Gasteiger partial charge in [-0.05, 0) is 19.4 Å². The zero-order chi connectivity index (χ0) is 13.9. The fourth-order valence-corrected chi connectivity index (χ4v) is 2.68. The van der Waals surface area contributed by atoms with Crippen LogP contribution in [0.1, 0.15) is 19.3 Å². The van der Waals surface area contributed by atoms with Gasteiger partial charge in [0.05, 0.1) is 6.54 Å². The van der Waals surface area contributed by atoms with E-state index in [4.69, 9.17) is 0 Å². The van der Waals surface area contributed by atoms with Gasteiger partial charge >= 0.3 is 6.18 Å². The molecule has 21 heavy (non-hydrogen) atoms. The Hall–Kier alpha value is -0.240. The zero-order valence-electron chi connectivity index (χ0n) is 11.7. The molecule has 0 aromatic heterocycles. The number of nitrogens with one attached hydrogen (secondary N) is 1. The van der Waals surface area contributed by atoms with Crippen molar-refractivity contribution in [1.29, 1.82) is 0 Å². The molecule has 0 spiro atoms. The van der Waals surface area contributed by atoms with Crippen LogP contribution < -0.4 is 5.32 Å². The number of hydrogen-bond acceptors (Lipinski definition) is 3. The van der Waals surface area contributed by atoms with Gasteiger partial charge < -0.3 is 10.2 Å². The summed E-state index contributed by atoms with van der Waals surface area (Å²) < 4.78 is 36.7. The third kappa shape index (κ3) is 7.04. The lowest BCUT2D eigenvalue weighted by Crippen LogP contribution is -2.51. The van der Waals surface area contributed by atoms with Crippen LogP contribution in [0.4, 0.5) is 13.2 Å². The van der Waals surface area contributed by atoms with Crippen LogP contribution in [0.15, 0.2) is 0 Å². The van der Waals surface area contributed by atoms with E-state index in [0.717, 1.165) is 19.4 Å². The number of hydrogen-bond donors (Lipinski definition) is 1. The molecule has 2 fully saturated rings. The molecule has 0 bridgehead atoms. The average Bonchev–Trinajstić information content (AvgIpc) is 2.80. The van der Waals surface area contributed by atoms with Crippen LogP contribution >= 0.6 is 24.8 Å². The molecule has 126 valence electrons. The smallest absolute Gasteiger partial charge is 0.340 e. The molecule has 0 radical (unpaired) electrons. The summed E-state index contributed by atoms with van der Waals surface area (Å²) in [6.45, 7) is 1.51. The van der Waals surface area contributed by atoms with Gasteiger partial charge in [0.15, 0.2) is 0 Å². The third-order valence-corrected chi connectivity index (χ3v) is 3.71. The van der Waals surface area contributed by atoms with E-state index < -0.39 is 12.7 Å². The van der Waals surface area contributed by atoms with Crippen molar-refractivity contribution in [2.24, 2.45) is 0 Å². The molecule has 2 rings (SSSR count). The summed E-state index contributed by atoms with van der Waals surface area (Å²) in [7, 11) is 0. The first-order valence-corrected chi connectivity index (χ1v) is 6.74. The molecular weight excluding hydrogens is 330 g/mol. The number of amides is 1. The number of nitrogens with zero attached hydrogens (tertiary/aromatic N) is 2. The molecule has 1 amide bonds. The Morgan fingerprint density at radius 3 is 2.24 bits per heavy atom. The maximum Gasteiger partial charge on any atom is 0.401 e. The SMILES string of the molecule is Cl.Cl.O=C(CC1CCCN1)N1CCN(CC(F)(F)F)CC1. The van der Waals surface area contributed by atoms with Gasteiger partial charge in [0.2, 0.25) is 5.91 Å². The second-order valence-electron chi connectivity index (χ2n) is 5.27. The topological polar surface area (TPSA) is 35.6 Å². The molecule has 2 heterocycles. The van der Waals surface area contributed by atoms with Crippen molar-refractivity contribution in [3.05, 3.63) is 0 Å². The Morgan fingerprint density at radius 1 is 1.14 bits per heavy atom. The minimum atomic E-state index is -4.15. The number of rotatable bonds is 3. The van der Waals surface area contributed by atoms with Crippen LogP contribution in [0.25, 0.3) is 0 Å². The average molecular weight is 352 g/mol. The maximum atomic E-state index is 12.2. The van der Waals surface area contributed by atoms with Gasteiger partial charge in [-0.3, -0.25) is 9.69 Å². The molecule has 2 aliphatic heterocycles. The van der Waals surface area contributed by atoms with Crippen molar-refractivity contribution in [3.8, 4) is 0 Å². The lowest BCUT2D eigenvalue weighted by atomic mass is 10.1. The highest BCUT2D eigenvalue weighted by Crippen LogP contribution is 2.18. The van der Waals surface area contributed by atoms with E-state index in [0.29, 0.717) is 32.6 Å². The summed E-state index contributed by atoms with van der Waals surface area (Å²) in [5.41, 5.74) is 0. The van der Waals surface area contributed by atoms with Crippen molar-refractivity contribution in [2.45, 2.75) is 31.5 Å². The molecule has 9 heteroatoms. The highest BCUT2D eigenvalue weighted by Gasteiger charge is 2.33. The minimum Gasteiger partial charge on any atom is -0.340 e. The molecule has 0 aromatic carbocycles. The Kier molecular flexibility index (Phi) is 8.92. The molecule has 2 saturated heterocycles. The normalized spacial score (nSPS) is 23.4. The van der Waals surface area contributed by atoms with Crippen molar-refractivity contribution < 1.29 is 18.0 Å². The monoisotopic (exact) mass is 351 g/mol. The standard InChI is InChI=1S/C12H20F3N3O.2ClH/c13-12(14,15)9-17-4-6-18(7-5-17)11(19)8-10-2-1-3-16-10;;/h10,16H,1-9H2;2*1H. The van der Waals surface area contributed by atoms with Crippen LogP contribution in [0.2, 0.25) is 0 Å². The number of carbonyl (C=O) groups is 1. The highest BCUT2D eigenvalue weighted by molar-refractivity contribution is 5.85. The second kappa shape index (κ2) is 9.02.